The summed E-state index contributed by atoms with van der Waals surface area (Å²) in [5, 5.41) is 0. The van der Waals surface area contributed by atoms with Crippen LogP contribution in [0.2, 0.25) is 0 Å². The highest BCUT2D eigenvalue weighted by molar-refractivity contribution is 8.26. The second kappa shape index (κ2) is 14.7. The maximum Gasteiger partial charge on any atom is 0.305 e. The van der Waals surface area contributed by atoms with E-state index in [4.69, 9.17) is 26.4 Å². The summed E-state index contributed by atoms with van der Waals surface area (Å²) in [4.78, 5) is 40.3. The van der Waals surface area contributed by atoms with Crippen LogP contribution in [0, 0.1) is 0 Å². The monoisotopic (exact) mass is 522 g/mol. The number of nitrogens with zero attached hydrogens (tertiary/aromatic N) is 2. The van der Waals surface area contributed by atoms with Crippen LogP contribution < -0.4 is 9.47 Å². The molecule has 10 heteroatoms. The molecule has 0 N–H and O–H groups in total. The van der Waals surface area contributed by atoms with Crippen molar-refractivity contribution in [1.82, 2.24) is 9.80 Å². The summed E-state index contributed by atoms with van der Waals surface area (Å²) >= 11 is 6.67. The minimum Gasteiger partial charge on any atom is -0.493 e. The van der Waals surface area contributed by atoms with E-state index >= 15 is 0 Å². The van der Waals surface area contributed by atoms with Crippen LogP contribution in [0.1, 0.15) is 52.0 Å². The molecule has 0 saturated carbocycles. The molecule has 1 fully saturated rings. The molecule has 1 aliphatic rings. The van der Waals surface area contributed by atoms with E-state index in [1.54, 1.807) is 34.9 Å². The average Bonchev–Trinajstić information content (AvgIpc) is 3.10. The van der Waals surface area contributed by atoms with E-state index in [-0.39, 0.29) is 24.4 Å². The SMILES string of the molecule is CCOC(=O)CCCCCN1C(=O)/C(=C\c2ccc(OCC(=O)N(CC)CC)c(OC)c2)SC1=S. The third-order valence-corrected chi connectivity index (χ3v) is 6.77. The maximum atomic E-state index is 12.9. The molecule has 2 amide bonds. The zero-order valence-corrected chi connectivity index (χ0v) is 22.5. The molecule has 1 aliphatic heterocycles. The number of thiocarbonyl (C=S) groups is 1. The second-order valence-electron chi connectivity index (χ2n) is 7.71. The Morgan fingerprint density at radius 3 is 2.51 bits per heavy atom. The van der Waals surface area contributed by atoms with Crippen molar-refractivity contribution in [2.45, 2.75) is 46.5 Å². The number of amides is 2. The molecule has 0 atom stereocenters. The molecule has 1 aromatic carbocycles. The van der Waals surface area contributed by atoms with Gasteiger partial charge in [-0.15, -0.1) is 0 Å². The number of likely N-dealkylation sites (N-methyl/N-ethyl adjacent to an activating group) is 1. The van der Waals surface area contributed by atoms with Gasteiger partial charge in [-0.2, -0.15) is 0 Å². The van der Waals surface area contributed by atoms with Gasteiger partial charge in [0, 0.05) is 26.1 Å². The van der Waals surface area contributed by atoms with Crippen molar-refractivity contribution in [2.24, 2.45) is 0 Å². The van der Waals surface area contributed by atoms with Crippen molar-refractivity contribution < 1.29 is 28.6 Å². The summed E-state index contributed by atoms with van der Waals surface area (Å²) in [6, 6.07) is 5.30. The third kappa shape index (κ3) is 8.54. The molecule has 0 spiro atoms. The van der Waals surface area contributed by atoms with Gasteiger partial charge in [0.1, 0.15) is 4.32 Å². The number of hydrogen-bond acceptors (Lipinski definition) is 8. The highest BCUT2D eigenvalue weighted by Gasteiger charge is 2.31. The number of unbranched alkanes of at least 4 members (excludes halogenated alkanes) is 2. The molecule has 192 valence electrons. The molecular weight excluding hydrogens is 488 g/mol. The standard InChI is InChI=1S/C25H34N2O6S2/c1-5-26(6-2)22(28)17-33-19-13-12-18(15-20(19)31-4)16-21-24(30)27(25(34)35-21)14-10-8-9-11-23(29)32-7-3/h12-13,15-16H,5-11,14,17H2,1-4H3/b21-16+. The van der Waals surface area contributed by atoms with Crippen LogP contribution in [-0.2, 0) is 19.1 Å². The van der Waals surface area contributed by atoms with Gasteiger partial charge in [-0.3, -0.25) is 19.3 Å². The molecule has 8 nitrogen and oxygen atoms in total. The van der Waals surface area contributed by atoms with Crippen LogP contribution in [0.4, 0.5) is 0 Å². The molecular formula is C25H34N2O6S2. The highest BCUT2D eigenvalue weighted by Crippen LogP contribution is 2.35. The lowest BCUT2D eigenvalue weighted by Gasteiger charge is -2.19. The minimum atomic E-state index is -0.191. The van der Waals surface area contributed by atoms with E-state index in [2.05, 4.69) is 0 Å². The van der Waals surface area contributed by atoms with Crippen molar-refractivity contribution in [1.29, 1.82) is 0 Å². The van der Waals surface area contributed by atoms with Crippen molar-refractivity contribution in [2.75, 3.05) is 40.0 Å². The molecule has 1 heterocycles. The number of carbonyl (C=O) groups excluding carboxylic acids is 3. The van der Waals surface area contributed by atoms with Gasteiger partial charge in [-0.05, 0) is 57.4 Å². The fourth-order valence-electron chi connectivity index (χ4n) is 3.49. The number of esters is 1. The highest BCUT2D eigenvalue weighted by atomic mass is 32.2. The number of hydrogen-bond donors (Lipinski definition) is 0. The Balaban J connectivity index is 1.96. The van der Waals surface area contributed by atoms with Crippen molar-refractivity contribution in [3.8, 4) is 11.5 Å². The zero-order valence-electron chi connectivity index (χ0n) is 20.8. The minimum absolute atomic E-state index is 0.0736. The van der Waals surface area contributed by atoms with Crippen molar-refractivity contribution >= 4 is 52.2 Å². The molecule has 0 bridgehead atoms. The molecule has 0 radical (unpaired) electrons. The second-order valence-corrected chi connectivity index (χ2v) is 9.39. The molecule has 1 aromatic rings. The topological polar surface area (TPSA) is 85.4 Å². The molecule has 0 aliphatic carbocycles. The number of methoxy groups -OCH3 is 1. The predicted molar refractivity (Wildman–Crippen MR) is 141 cm³/mol. The Hall–Kier alpha value is -2.59. The lowest BCUT2D eigenvalue weighted by molar-refractivity contribution is -0.143. The van der Waals surface area contributed by atoms with Gasteiger partial charge in [0.05, 0.1) is 18.6 Å². The Kier molecular flexibility index (Phi) is 12.1. The normalized spacial score (nSPS) is 14.4. The number of thioether (sulfide) groups is 1. The molecule has 35 heavy (non-hydrogen) atoms. The Morgan fingerprint density at radius 2 is 1.86 bits per heavy atom. The van der Waals surface area contributed by atoms with Gasteiger partial charge >= 0.3 is 5.97 Å². The van der Waals surface area contributed by atoms with E-state index in [0.717, 1.165) is 24.8 Å². The third-order valence-electron chi connectivity index (χ3n) is 5.39. The summed E-state index contributed by atoms with van der Waals surface area (Å²) in [5.41, 5.74) is 0.763. The first kappa shape index (κ1) is 28.6. The quantitative estimate of drug-likeness (QED) is 0.155. The van der Waals surface area contributed by atoms with Gasteiger partial charge in [-0.1, -0.05) is 36.5 Å². The van der Waals surface area contributed by atoms with Crippen LogP contribution in [-0.4, -0.2) is 71.9 Å². The first-order valence-electron chi connectivity index (χ1n) is 11.8. The van der Waals surface area contributed by atoms with Gasteiger partial charge in [0.15, 0.2) is 18.1 Å². The van der Waals surface area contributed by atoms with E-state index in [1.807, 2.05) is 19.9 Å². The lowest BCUT2D eigenvalue weighted by atomic mass is 10.1. The smallest absolute Gasteiger partial charge is 0.305 e. The van der Waals surface area contributed by atoms with E-state index in [9.17, 15) is 14.4 Å². The summed E-state index contributed by atoms with van der Waals surface area (Å²) in [6.45, 7) is 7.71. The summed E-state index contributed by atoms with van der Waals surface area (Å²) < 4.78 is 16.6. The molecule has 2 rings (SSSR count). The summed E-state index contributed by atoms with van der Waals surface area (Å²) in [7, 11) is 1.53. The van der Waals surface area contributed by atoms with Crippen LogP contribution in [0.25, 0.3) is 6.08 Å². The number of rotatable bonds is 14. The molecule has 0 unspecified atom stereocenters. The lowest BCUT2D eigenvalue weighted by Crippen LogP contribution is -2.34. The van der Waals surface area contributed by atoms with Crippen molar-refractivity contribution in [3.63, 3.8) is 0 Å². The number of ether oxygens (including phenoxy) is 3. The summed E-state index contributed by atoms with van der Waals surface area (Å²) in [5.74, 6) is 0.521. The van der Waals surface area contributed by atoms with Crippen LogP contribution in [0.15, 0.2) is 23.1 Å². The van der Waals surface area contributed by atoms with Gasteiger partial charge in [-0.25, -0.2) is 0 Å². The van der Waals surface area contributed by atoms with Crippen LogP contribution >= 0.6 is 24.0 Å². The largest absolute Gasteiger partial charge is 0.493 e. The van der Waals surface area contributed by atoms with Crippen LogP contribution in [0.3, 0.4) is 0 Å². The van der Waals surface area contributed by atoms with Crippen LogP contribution in [0.5, 0.6) is 11.5 Å². The average molecular weight is 523 g/mol. The number of benzene rings is 1. The van der Waals surface area contributed by atoms with Crippen molar-refractivity contribution in [3.05, 3.63) is 28.7 Å². The first-order valence-corrected chi connectivity index (χ1v) is 13.1. The Bertz CT molecular complexity index is 946. The fraction of sp³-hybridized carbons (Fsp3) is 0.520. The number of carbonyl (C=O) groups is 3. The predicted octanol–water partition coefficient (Wildman–Crippen LogP) is 4.27. The van der Waals surface area contributed by atoms with Gasteiger partial charge < -0.3 is 19.1 Å². The Morgan fingerprint density at radius 1 is 1.11 bits per heavy atom. The summed E-state index contributed by atoms with van der Waals surface area (Å²) in [6.07, 6.45) is 4.44. The van der Waals surface area contributed by atoms with E-state index in [1.165, 1.54) is 18.9 Å². The van der Waals surface area contributed by atoms with E-state index in [0.29, 0.717) is 53.4 Å². The first-order chi connectivity index (χ1) is 16.8. The molecule has 1 saturated heterocycles. The maximum absolute atomic E-state index is 12.9. The van der Waals surface area contributed by atoms with E-state index < -0.39 is 0 Å². The molecule has 0 aromatic heterocycles. The fourth-order valence-corrected chi connectivity index (χ4v) is 4.80. The Labute approximate surface area is 216 Å². The van der Waals surface area contributed by atoms with Gasteiger partial charge in [0.25, 0.3) is 11.8 Å². The van der Waals surface area contributed by atoms with Gasteiger partial charge in [0.2, 0.25) is 0 Å². The zero-order chi connectivity index (χ0) is 25.8.